The second kappa shape index (κ2) is 3.77. The highest BCUT2D eigenvalue weighted by atomic mass is 79.9. The third-order valence-electron chi connectivity index (χ3n) is 2.10. The van der Waals surface area contributed by atoms with Crippen molar-refractivity contribution in [3.8, 4) is 5.75 Å². The molecule has 0 aliphatic heterocycles. The second-order valence-corrected chi connectivity index (χ2v) is 4.53. The van der Waals surface area contributed by atoms with Crippen LogP contribution >= 0.6 is 15.9 Å². The molecule has 1 aliphatic rings. The van der Waals surface area contributed by atoms with E-state index in [9.17, 15) is 0 Å². The topological polar surface area (TPSA) is 25.4 Å². The Labute approximate surface area is 92.2 Å². The number of hydrogen-bond acceptors (Lipinski definition) is 3. The quantitative estimate of drug-likeness (QED) is 0.831. The highest BCUT2D eigenvalue weighted by molar-refractivity contribution is 9.10. The molecule has 1 fully saturated rings. The zero-order chi connectivity index (χ0) is 10.1. The molecule has 0 radical (unpaired) electrons. The van der Waals surface area contributed by atoms with Gasteiger partial charge in [0.2, 0.25) is 0 Å². The van der Waals surface area contributed by atoms with E-state index in [-0.39, 0.29) is 0 Å². The van der Waals surface area contributed by atoms with Crippen LogP contribution in [0.15, 0.2) is 16.9 Å². The van der Waals surface area contributed by atoms with Crippen molar-refractivity contribution < 1.29 is 4.74 Å². The predicted octanol–water partition coefficient (Wildman–Crippen LogP) is 2.45. The summed E-state index contributed by atoms with van der Waals surface area (Å²) in [5, 5.41) is 0. The smallest absolute Gasteiger partial charge is 0.162 e. The molecular formula is C10H13BrN2O. The fourth-order valence-corrected chi connectivity index (χ4v) is 1.96. The molecule has 1 aromatic rings. The molecule has 3 nitrogen and oxygen atoms in total. The summed E-state index contributed by atoms with van der Waals surface area (Å²) in [6.45, 7) is 0. The van der Waals surface area contributed by atoms with Crippen LogP contribution in [0.2, 0.25) is 0 Å². The summed E-state index contributed by atoms with van der Waals surface area (Å²) in [5.74, 6) is 0.867. The van der Waals surface area contributed by atoms with E-state index in [2.05, 4.69) is 20.9 Å². The molecular weight excluding hydrogens is 244 g/mol. The van der Waals surface area contributed by atoms with E-state index in [1.165, 1.54) is 12.8 Å². The van der Waals surface area contributed by atoms with Gasteiger partial charge in [0.05, 0.1) is 22.5 Å². The summed E-state index contributed by atoms with van der Waals surface area (Å²) in [4.78, 5) is 6.14. The number of hydrogen-bond donors (Lipinski definition) is 0. The van der Waals surface area contributed by atoms with Crippen LogP contribution in [0.3, 0.4) is 0 Å². The van der Waals surface area contributed by atoms with E-state index in [0.29, 0.717) is 6.10 Å². The van der Waals surface area contributed by atoms with Crippen LogP contribution in [-0.4, -0.2) is 25.2 Å². The molecule has 0 aromatic carbocycles. The summed E-state index contributed by atoms with van der Waals surface area (Å²) >= 11 is 3.47. The molecule has 0 N–H and O–H groups in total. The van der Waals surface area contributed by atoms with Crippen molar-refractivity contribution >= 4 is 21.6 Å². The normalized spacial score (nSPS) is 15.4. The highest BCUT2D eigenvalue weighted by Gasteiger charge is 2.25. The number of rotatable bonds is 3. The van der Waals surface area contributed by atoms with Crippen molar-refractivity contribution in [2.24, 2.45) is 0 Å². The molecule has 0 atom stereocenters. The van der Waals surface area contributed by atoms with Gasteiger partial charge < -0.3 is 9.64 Å². The molecule has 14 heavy (non-hydrogen) atoms. The lowest BCUT2D eigenvalue weighted by molar-refractivity contribution is 0.302. The van der Waals surface area contributed by atoms with Gasteiger partial charge in [0, 0.05) is 20.3 Å². The summed E-state index contributed by atoms with van der Waals surface area (Å²) in [6.07, 6.45) is 6.30. The third-order valence-corrected chi connectivity index (χ3v) is 2.68. The van der Waals surface area contributed by atoms with E-state index in [4.69, 9.17) is 4.74 Å². The Balaban J connectivity index is 2.30. The van der Waals surface area contributed by atoms with Crippen molar-refractivity contribution in [2.45, 2.75) is 18.9 Å². The molecule has 0 spiro atoms. The van der Waals surface area contributed by atoms with Crippen LogP contribution < -0.4 is 9.64 Å². The first-order valence-corrected chi connectivity index (χ1v) is 5.45. The van der Waals surface area contributed by atoms with Crippen LogP contribution in [0.25, 0.3) is 0 Å². The largest absolute Gasteiger partial charge is 0.487 e. The molecule has 1 aromatic heterocycles. The van der Waals surface area contributed by atoms with Crippen LogP contribution in [0, 0.1) is 0 Å². The Morgan fingerprint density at radius 1 is 1.43 bits per heavy atom. The third kappa shape index (κ3) is 2.00. The van der Waals surface area contributed by atoms with Gasteiger partial charge >= 0.3 is 0 Å². The maximum atomic E-state index is 5.76. The van der Waals surface area contributed by atoms with Gasteiger partial charge in [0.15, 0.2) is 5.75 Å². The fraction of sp³-hybridized carbons (Fsp3) is 0.500. The number of aromatic nitrogens is 1. The molecule has 1 saturated carbocycles. The number of pyridine rings is 1. The lowest BCUT2D eigenvalue weighted by Gasteiger charge is -2.18. The Bertz CT molecular complexity index is 337. The molecule has 4 heteroatoms. The van der Waals surface area contributed by atoms with E-state index in [1.807, 2.05) is 19.0 Å². The Morgan fingerprint density at radius 2 is 2.14 bits per heavy atom. The van der Waals surface area contributed by atoms with Gasteiger partial charge in [-0.3, -0.25) is 4.98 Å². The maximum absolute atomic E-state index is 5.76. The zero-order valence-electron chi connectivity index (χ0n) is 8.33. The number of ether oxygens (including phenoxy) is 1. The lowest BCUT2D eigenvalue weighted by atomic mass is 10.3. The van der Waals surface area contributed by atoms with E-state index in [1.54, 1.807) is 12.4 Å². The maximum Gasteiger partial charge on any atom is 0.162 e. The summed E-state index contributed by atoms with van der Waals surface area (Å²) in [7, 11) is 4.00. The molecule has 1 aliphatic carbocycles. The standard InChI is InChI=1S/C10H13BrN2O/c1-13(2)10-8(11)5-12-6-9(10)14-7-3-4-7/h5-7H,3-4H2,1-2H3. The van der Waals surface area contributed by atoms with Gasteiger partial charge in [0.25, 0.3) is 0 Å². The van der Waals surface area contributed by atoms with Gasteiger partial charge in [-0.15, -0.1) is 0 Å². The second-order valence-electron chi connectivity index (χ2n) is 3.68. The van der Waals surface area contributed by atoms with Gasteiger partial charge in [0.1, 0.15) is 0 Å². The zero-order valence-corrected chi connectivity index (χ0v) is 9.91. The predicted molar refractivity (Wildman–Crippen MR) is 59.9 cm³/mol. The lowest BCUT2D eigenvalue weighted by Crippen LogP contribution is -2.12. The van der Waals surface area contributed by atoms with Crippen molar-refractivity contribution in [3.63, 3.8) is 0 Å². The summed E-state index contributed by atoms with van der Waals surface area (Å²) in [6, 6.07) is 0. The molecule has 2 rings (SSSR count). The minimum atomic E-state index is 0.407. The average Bonchev–Trinajstić information content (AvgIpc) is 2.87. The van der Waals surface area contributed by atoms with E-state index >= 15 is 0 Å². The van der Waals surface area contributed by atoms with Gasteiger partial charge in [-0.05, 0) is 28.8 Å². The SMILES string of the molecule is CN(C)c1c(Br)cncc1OC1CC1. The minimum Gasteiger partial charge on any atom is -0.487 e. The van der Waals surface area contributed by atoms with Gasteiger partial charge in [-0.2, -0.15) is 0 Å². The average molecular weight is 257 g/mol. The van der Waals surface area contributed by atoms with Crippen LogP contribution in [0.5, 0.6) is 5.75 Å². The van der Waals surface area contributed by atoms with Crippen LogP contribution in [0.1, 0.15) is 12.8 Å². The first kappa shape index (κ1) is 9.77. The van der Waals surface area contributed by atoms with Crippen molar-refractivity contribution in [1.29, 1.82) is 0 Å². The molecule has 0 bridgehead atoms. The molecule has 1 heterocycles. The molecule has 0 saturated heterocycles. The molecule has 0 unspecified atom stereocenters. The van der Waals surface area contributed by atoms with Gasteiger partial charge in [-0.25, -0.2) is 0 Å². The summed E-state index contributed by atoms with van der Waals surface area (Å²) in [5.41, 5.74) is 1.06. The monoisotopic (exact) mass is 256 g/mol. The fourth-order valence-electron chi connectivity index (χ4n) is 1.30. The minimum absolute atomic E-state index is 0.407. The van der Waals surface area contributed by atoms with Crippen LogP contribution in [-0.2, 0) is 0 Å². The first-order chi connectivity index (χ1) is 6.68. The number of halogens is 1. The van der Waals surface area contributed by atoms with E-state index < -0.39 is 0 Å². The Morgan fingerprint density at radius 3 is 2.71 bits per heavy atom. The number of nitrogens with zero attached hydrogens (tertiary/aromatic N) is 2. The summed E-state index contributed by atoms with van der Waals surface area (Å²) < 4.78 is 6.74. The number of anilines is 1. The highest BCUT2D eigenvalue weighted by Crippen LogP contribution is 2.37. The van der Waals surface area contributed by atoms with Crippen molar-refractivity contribution in [1.82, 2.24) is 4.98 Å². The van der Waals surface area contributed by atoms with E-state index in [0.717, 1.165) is 15.9 Å². The van der Waals surface area contributed by atoms with Crippen molar-refractivity contribution in [2.75, 3.05) is 19.0 Å². The first-order valence-electron chi connectivity index (χ1n) is 4.66. The Hall–Kier alpha value is -0.770. The molecule has 76 valence electrons. The van der Waals surface area contributed by atoms with Gasteiger partial charge in [-0.1, -0.05) is 0 Å². The van der Waals surface area contributed by atoms with Crippen LogP contribution in [0.4, 0.5) is 5.69 Å². The van der Waals surface area contributed by atoms with Crippen molar-refractivity contribution in [3.05, 3.63) is 16.9 Å². The Kier molecular flexibility index (Phi) is 2.63. The molecule has 0 amide bonds.